The van der Waals surface area contributed by atoms with E-state index in [2.05, 4.69) is 20.9 Å². The summed E-state index contributed by atoms with van der Waals surface area (Å²) in [6, 6.07) is 21.4. The highest BCUT2D eigenvalue weighted by molar-refractivity contribution is 6.31. The van der Waals surface area contributed by atoms with E-state index in [9.17, 15) is 9.59 Å². The van der Waals surface area contributed by atoms with Gasteiger partial charge in [0.1, 0.15) is 5.84 Å². The van der Waals surface area contributed by atoms with Crippen LogP contribution in [0.1, 0.15) is 27.9 Å². The number of carbonyl (C=O) groups is 2. The minimum Gasteiger partial charge on any atom is -0.310 e. The van der Waals surface area contributed by atoms with Crippen molar-refractivity contribution in [3.05, 3.63) is 101 Å². The van der Waals surface area contributed by atoms with E-state index < -0.39 is 0 Å². The Bertz CT molecular complexity index is 1240. The topological polar surface area (TPSA) is 82.6 Å². The number of benzene rings is 3. The minimum absolute atomic E-state index is 0.191. The molecule has 1 heterocycles. The van der Waals surface area contributed by atoms with Crippen molar-refractivity contribution >= 4 is 46.3 Å². The quantitative estimate of drug-likeness (QED) is 0.470. The number of amides is 3. The number of urea groups is 1. The monoisotopic (exact) mass is 444 g/mol. The summed E-state index contributed by atoms with van der Waals surface area (Å²) in [6.07, 6.45) is 2.23. The van der Waals surface area contributed by atoms with Crippen molar-refractivity contribution in [2.45, 2.75) is 13.3 Å². The number of carbonyl (C=O) groups excluding carboxylic acids is 2. The fraction of sp³-hybridized carbons (Fsp3) is 0.0800. The number of halogens is 1. The second kappa shape index (κ2) is 9.49. The number of aliphatic imine (C=N–C) groups is 1. The highest BCUT2D eigenvalue weighted by atomic mass is 35.5. The first kappa shape index (κ1) is 21.3. The summed E-state index contributed by atoms with van der Waals surface area (Å²) in [6.45, 7) is 1.88. The van der Waals surface area contributed by atoms with Gasteiger partial charge in [-0.1, -0.05) is 41.9 Å². The van der Waals surface area contributed by atoms with E-state index in [0.717, 1.165) is 16.7 Å². The summed E-state index contributed by atoms with van der Waals surface area (Å²) in [5.74, 6) is 0.395. The van der Waals surface area contributed by atoms with Crippen LogP contribution >= 0.6 is 11.6 Å². The van der Waals surface area contributed by atoms with E-state index in [1.807, 2.05) is 55.5 Å². The Morgan fingerprint density at radius 1 is 0.875 bits per heavy atom. The number of anilines is 2. The Labute approximate surface area is 191 Å². The molecule has 1 aliphatic rings. The molecule has 0 unspecified atom stereocenters. The maximum Gasteiger partial charge on any atom is 0.323 e. The lowest BCUT2D eigenvalue weighted by Crippen LogP contribution is -2.29. The highest BCUT2D eigenvalue weighted by Gasteiger charge is 2.16. The van der Waals surface area contributed by atoms with Gasteiger partial charge in [0.05, 0.1) is 0 Å². The van der Waals surface area contributed by atoms with Crippen LogP contribution in [0, 0.1) is 6.92 Å². The Kier molecular flexibility index (Phi) is 6.33. The molecule has 32 heavy (non-hydrogen) atoms. The van der Waals surface area contributed by atoms with Gasteiger partial charge >= 0.3 is 6.03 Å². The predicted octanol–water partition coefficient (Wildman–Crippen LogP) is 5.87. The molecule has 0 fully saturated rings. The van der Waals surface area contributed by atoms with E-state index in [0.29, 0.717) is 34.2 Å². The molecule has 3 N–H and O–H groups in total. The van der Waals surface area contributed by atoms with Gasteiger partial charge in [0.15, 0.2) is 0 Å². The molecule has 3 amide bonds. The van der Waals surface area contributed by atoms with Crippen molar-refractivity contribution in [3.63, 3.8) is 0 Å². The van der Waals surface area contributed by atoms with Crippen molar-refractivity contribution in [2.24, 2.45) is 4.99 Å². The van der Waals surface area contributed by atoms with Crippen molar-refractivity contribution in [2.75, 3.05) is 10.6 Å². The maximum absolute atomic E-state index is 12.4. The Hall–Kier alpha value is -3.90. The lowest BCUT2D eigenvalue weighted by atomic mass is 10.0. The molecule has 0 spiro atoms. The number of nitrogens with one attached hydrogen (secondary N) is 3. The van der Waals surface area contributed by atoms with Crippen LogP contribution in [0.3, 0.4) is 0 Å². The summed E-state index contributed by atoms with van der Waals surface area (Å²) in [5, 5.41) is 9.13. The lowest BCUT2D eigenvalue weighted by Gasteiger charge is -2.11. The van der Waals surface area contributed by atoms with Crippen LogP contribution in [0.2, 0.25) is 5.02 Å². The van der Waals surface area contributed by atoms with E-state index >= 15 is 0 Å². The van der Waals surface area contributed by atoms with Crippen LogP contribution in [0.15, 0.2) is 84.0 Å². The van der Waals surface area contributed by atoms with Gasteiger partial charge in [-0.15, -0.1) is 0 Å². The van der Waals surface area contributed by atoms with Crippen LogP contribution < -0.4 is 16.0 Å². The molecule has 6 nitrogen and oxygen atoms in total. The van der Waals surface area contributed by atoms with Crippen LogP contribution in [0.4, 0.5) is 16.2 Å². The molecule has 0 aromatic heterocycles. The molecule has 0 bridgehead atoms. The number of hydrogen-bond acceptors (Lipinski definition) is 3. The second-order valence-electron chi connectivity index (χ2n) is 7.35. The first-order valence-corrected chi connectivity index (χ1v) is 10.4. The van der Waals surface area contributed by atoms with Crippen LogP contribution in [-0.4, -0.2) is 17.8 Å². The Morgan fingerprint density at radius 2 is 1.62 bits per heavy atom. The van der Waals surface area contributed by atoms with E-state index in [4.69, 9.17) is 11.6 Å². The number of rotatable bonds is 4. The zero-order chi connectivity index (χ0) is 22.5. The summed E-state index contributed by atoms with van der Waals surface area (Å²) >= 11 is 6.03. The second-order valence-corrected chi connectivity index (χ2v) is 7.76. The fourth-order valence-corrected chi connectivity index (χ4v) is 3.40. The normalized spacial score (nSPS) is 12.6. The van der Waals surface area contributed by atoms with Crippen molar-refractivity contribution in [1.29, 1.82) is 0 Å². The number of amidine groups is 1. The summed E-state index contributed by atoms with van der Waals surface area (Å²) < 4.78 is 0. The highest BCUT2D eigenvalue weighted by Crippen LogP contribution is 2.26. The van der Waals surface area contributed by atoms with Crippen LogP contribution in [0.25, 0.3) is 5.57 Å². The zero-order valence-electron chi connectivity index (χ0n) is 17.4. The molecular weight excluding hydrogens is 424 g/mol. The third kappa shape index (κ3) is 5.22. The molecule has 0 atom stereocenters. The molecule has 0 radical (unpaired) electrons. The third-order valence-corrected chi connectivity index (χ3v) is 5.36. The molecule has 0 saturated carbocycles. The number of nitrogens with zero attached hydrogens (tertiary/aromatic N) is 1. The van der Waals surface area contributed by atoms with Gasteiger partial charge in [0.2, 0.25) is 0 Å². The molecule has 4 rings (SSSR count). The predicted molar refractivity (Wildman–Crippen MR) is 129 cm³/mol. The van der Waals surface area contributed by atoms with Gasteiger partial charge in [-0.2, -0.15) is 0 Å². The first-order chi connectivity index (χ1) is 15.5. The van der Waals surface area contributed by atoms with Crippen molar-refractivity contribution < 1.29 is 9.59 Å². The molecule has 0 aliphatic carbocycles. The summed E-state index contributed by atoms with van der Waals surface area (Å²) in [4.78, 5) is 29.0. The average Bonchev–Trinajstić information content (AvgIpc) is 3.25. The Balaban J connectivity index is 1.35. The number of aryl methyl sites for hydroxylation is 1. The third-order valence-electron chi connectivity index (χ3n) is 4.93. The molecule has 0 saturated heterocycles. The number of hydrogen-bond donors (Lipinski definition) is 3. The average molecular weight is 445 g/mol. The smallest absolute Gasteiger partial charge is 0.310 e. The largest absolute Gasteiger partial charge is 0.323 e. The van der Waals surface area contributed by atoms with Crippen molar-refractivity contribution in [3.8, 4) is 0 Å². The summed E-state index contributed by atoms with van der Waals surface area (Å²) in [7, 11) is 0. The van der Waals surface area contributed by atoms with Gasteiger partial charge in [-0.3, -0.25) is 4.79 Å². The van der Waals surface area contributed by atoms with Gasteiger partial charge in [-0.05, 0) is 66.1 Å². The van der Waals surface area contributed by atoms with Gasteiger partial charge < -0.3 is 16.0 Å². The molecule has 7 heteroatoms. The molecular formula is C25H21ClN4O2. The van der Waals surface area contributed by atoms with Gasteiger partial charge in [-0.25, -0.2) is 9.79 Å². The van der Waals surface area contributed by atoms with Crippen molar-refractivity contribution in [1.82, 2.24) is 5.32 Å². The van der Waals surface area contributed by atoms with Gasteiger partial charge in [0, 0.05) is 34.6 Å². The van der Waals surface area contributed by atoms with E-state index in [1.165, 1.54) is 0 Å². The fourth-order valence-electron chi connectivity index (χ4n) is 3.29. The SMILES string of the molecule is Cc1cc(NC(=O)Nc2cccc(C3=CN=C(NC(=O)c4ccccc4)C3)c2)ccc1Cl. The maximum atomic E-state index is 12.4. The summed E-state index contributed by atoms with van der Waals surface area (Å²) in [5.41, 5.74) is 4.63. The molecule has 3 aromatic carbocycles. The standard InChI is InChI=1S/C25H21ClN4O2/c1-16-12-21(10-11-22(16)26)29-25(32)28-20-9-5-8-18(13-20)19-14-23(27-15-19)30-24(31)17-6-3-2-4-7-17/h2-13,15H,14H2,1H3,(H,27,30,31)(H2,28,29,32). The van der Waals surface area contributed by atoms with Gasteiger partial charge in [0.25, 0.3) is 5.91 Å². The zero-order valence-corrected chi connectivity index (χ0v) is 18.1. The lowest BCUT2D eigenvalue weighted by molar-refractivity contribution is 0.0976. The Morgan fingerprint density at radius 3 is 2.38 bits per heavy atom. The minimum atomic E-state index is -0.351. The first-order valence-electron chi connectivity index (χ1n) is 10.0. The molecule has 1 aliphatic heterocycles. The molecule has 3 aromatic rings. The van der Waals surface area contributed by atoms with Crippen LogP contribution in [-0.2, 0) is 0 Å². The van der Waals surface area contributed by atoms with Crippen LogP contribution in [0.5, 0.6) is 0 Å². The van der Waals surface area contributed by atoms with E-state index in [-0.39, 0.29) is 11.9 Å². The van der Waals surface area contributed by atoms with E-state index in [1.54, 1.807) is 30.5 Å². The molecule has 160 valence electrons.